The standard InChI is InChI=1S/C8H11NO4S/c1-2-5-9-6-3-4-8(7-9)13-14(10,11)12/h3-4,6-7H,2,5H2,1H3/p+1. The molecule has 0 saturated carbocycles. The van der Waals surface area contributed by atoms with Crippen molar-refractivity contribution < 1.29 is 21.7 Å². The quantitative estimate of drug-likeness (QED) is 0.592. The summed E-state index contributed by atoms with van der Waals surface area (Å²) >= 11 is 0. The minimum atomic E-state index is -4.42. The highest BCUT2D eigenvalue weighted by Crippen LogP contribution is 2.07. The summed E-state index contributed by atoms with van der Waals surface area (Å²) in [5.41, 5.74) is 0. The van der Waals surface area contributed by atoms with Gasteiger partial charge in [-0.2, -0.15) is 8.42 Å². The van der Waals surface area contributed by atoms with E-state index in [0.717, 1.165) is 13.0 Å². The monoisotopic (exact) mass is 218 g/mol. The highest BCUT2D eigenvalue weighted by atomic mass is 32.3. The first-order valence-electron chi connectivity index (χ1n) is 4.17. The Morgan fingerprint density at radius 1 is 1.57 bits per heavy atom. The normalized spacial score (nSPS) is 11.3. The Balaban J connectivity index is 2.83. The molecule has 0 aliphatic carbocycles. The van der Waals surface area contributed by atoms with E-state index in [2.05, 4.69) is 4.18 Å². The molecule has 0 unspecified atom stereocenters. The lowest BCUT2D eigenvalue weighted by atomic mass is 10.4. The Hall–Kier alpha value is -1.14. The van der Waals surface area contributed by atoms with Gasteiger partial charge in [0.15, 0.2) is 6.20 Å². The van der Waals surface area contributed by atoms with E-state index in [-0.39, 0.29) is 5.75 Å². The van der Waals surface area contributed by atoms with Crippen LogP contribution < -0.4 is 8.75 Å². The van der Waals surface area contributed by atoms with Crippen LogP contribution in [0.3, 0.4) is 0 Å². The number of rotatable bonds is 4. The molecular formula is C8H12NO4S+. The lowest BCUT2D eigenvalue weighted by Crippen LogP contribution is -2.32. The van der Waals surface area contributed by atoms with Crippen LogP contribution in [0.5, 0.6) is 5.75 Å². The molecule has 1 rings (SSSR count). The van der Waals surface area contributed by atoms with Gasteiger partial charge in [0.1, 0.15) is 6.54 Å². The van der Waals surface area contributed by atoms with Crippen molar-refractivity contribution in [3.63, 3.8) is 0 Å². The number of hydrogen-bond donors (Lipinski definition) is 1. The van der Waals surface area contributed by atoms with Gasteiger partial charge in [0.25, 0.3) is 0 Å². The molecule has 78 valence electrons. The molecule has 1 heterocycles. The van der Waals surface area contributed by atoms with Crippen LogP contribution >= 0.6 is 0 Å². The maximum atomic E-state index is 10.4. The third kappa shape index (κ3) is 3.71. The third-order valence-corrected chi connectivity index (χ3v) is 1.92. The van der Waals surface area contributed by atoms with Crippen molar-refractivity contribution in [2.75, 3.05) is 0 Å². The third-order valence-electron chi connectivity index (χ3n) is 1.51. The van der Waals surface area contributed by atoms with E-state index in [9.17, 15) is 8.42 Å². The molecule has 0 aliphatic heterocycles. The first kappa shape index (κ1) is 10.9. The minimum absolute atomic E-state index is 0.100. The molecular weight excluding hydrogens is 206 g/mol. The predicted octanol–water partition coefficient (Wildman–Crippen LogP) is 0.566. The van der Waals surface area contributed by atoms with E-state index in [1.54, 1.807) is 16.8 Å². The minimum Gasteiger partial charge on any atom is -0.355 e. The van der Waals surface area contributed by atoms with Crippen molar-refractivity contribution in [2.24, 2.45) is 0 Å². The first-order valence-corrected chi connectivity index (χ1v) is 5.54. The average Bonchev–Trinajstić information content (AvgIpc) is 2.02. The molecule has 0 aliphatic rings. The summed E-state index contributed by atoms with van der Waals surface area (Å²) in [6.45, 7) is 2.77. The van der Waals surface area contributed by atoms with Gasteiger partial charge in [-0.05, 0) is 6.07 Å². The predicted molar refractivity (Wildman–Crippen MR) is 49.1 cm³/mol. The number of pyridine rings is 1. The smallest absolute Gasteiger partial charge is 0.355 e. The highest BCUT2D eigenvalue weighted by molar-refractivity contribution is 7.81. The summed E-state index contributed by atoms with van der Waals surface area (Å²) < 4.78 is 35.3. The van der Waals surface area contributed by atoms with E-state index >= 15 is 0 Å². The topological polar surface area (TPSA) is 67.5 Å². The van der Waals surface area contributed by atoms with E-state index in [1.807, 2.05) is 6.92 Å². The second-order valence-corrected chi connectivity index (χ2v) is 3.81. The van der Waals surface area contributed by atoms with Gasteiger partial charge in [-0.15, -0.1) is 0 Å². The van der Waals surface area contributed by atoms with Gasteiger partial charge in [-0.3, -0.25) is 4.55 Å². The first-order chi connectivity index (χ1) is 6.51. The van der Waals surface area contributed by atoms with Crippen molar-refractivity contribution in [3.05, 3.63) is 24.5 Å². The van der Waals surface area contributed by atoms with Crippen molar-refractivity contribution >= 4 is 10.4 Å². The van der Waals surface area contributed by atoms with Gasteiger partial charge in [0, 0.05) is 12.5 Å². The Kier molecular flexibility index (Phi) is 3.43. The summed E-state index contributed by atoms with van der Waals surface area (Å²) in [5, 5.41) is 0. The molecule has 0 saturated heterocycles. The lowest BCUT2D eigenvalue weighted by molar-refractivity contribution is -0.697. The van der Waals surface area contributed by atoms with Crippen LogP contribution in [0.4, 0.5) is 0 Å². The van der Waals surface area contributed by atoms with Crippen LogP contribution in [-0.4, -0.2) is 13.0 Å². The van der Waals surface area contributed by atoms with Crippen molar-refractivity contribution in [1.82, 2.24) is 0 Å². The fraction of sp³-hybridized carbons (Fsp3) is 0.375. The maximum Gasteiger partial charge on any atom is 0.446 e. The van der Waals surface area contributed by atoms with Crippen LogP contribution in [0.2, 0.25) is 0 Å². The second-order valence-electron chi connectivity index (χ2n) is 2.79. The molecule has 0 fully saturated rings. The molecule has 0 aromatic carbocycles. The number of aromatic nitrogens is 1. The zero-order valence-electron chi connectivity index (χ0n) is 7.75. The molecule has 1 N–H and O–H groups in total. The van der Waals surface area contributed by atoms with Crippen molar-refractivity contribution in [2.45, 2.75) is 19.9 Å². The van der Waals surface area contributed by atoms with E-state index in [1.165, 1.54) is 12.3 Å². The largest absolute Gasteiger partial charge is 0.446 e. The summed E-state index contributed by atoms with van der Waals surface area (Å²) in [7, 11) is -4.42. The lowest BCUT2D eigenvalue weighted by Gasteiger charge is -1.99. The van der Waals surface area contributed by atoms with Gasteiger partial charge in [-0.25, -0.2) is 4.57 Å². The molecule has 1 aromatic rings. The highest BCUT2D eigenvalue weighted by Gasteiger charge is 2.09. The summed E-state index contributed by atoms with van der Waals surface area (Å²) in [6, 6.07) is 3.11. The molecule has 0 bridgehead atoms. The average molecular weight is 218 g/mol. The fourth-order valence-electron chi connectivity index (χ4n) is 1.07. The molecule has 0 radical (unpaired) electrons. The number of aryl methyl sites for hydroxylation is 1. The van der Waals surface area contributed by atoms with Crippen molar-refractivity contribution in [3.8, 4) is 5.75 Å². The summed E-state index contributed by atoms with van der Waals surface area (Å²) in [5.74, 6) is 0.100. The molecule has 1 aromatic heterocycles. The Labute approximate surface area is 82.9 Å². The molecule has 6 heteroatoms. The van der Waals surface area contributed by atoms with Crippen molar-refractivity contribution in [1.29, 1.82) is 0 Å². The van der Waals surface area contributed by atoms with Crippen LogP contribution in [0.1, 0.15) is 13.3 Å². The SMILES string of the molecule is CCC[n+]1cccc(OS(=O)(=O)O)c1. The van der Waals surface area contributed by atoms with E-state index in [0.29, 0.717) is 0 Å². The fourth-order valence-corrected chi connectivity index (χ4v) is 1.41. The van der Waals surface area contributed by atoms with Crippen LogP contribution in [0.25, 0.3) is 0 Å². The summed E-state index contributed by atoms with van der Waals surface area (Å²) in [4.78, 5) is 0. The van der Waals surface area contributed by atoms with Crippen LogP contribution in [0.15, 0.2) is 24.5 Å². The zero-order valence-corrected chi connectivity index (χ0v) is 8.57. The molecule has 0 amide bonds. The van der Waals surface area contributed by atoms with Gasteiger partial charge in [-0.1, -0.05) is 6.92 Å². The van der Waals surface area contributed by atoms with Gasteiger partial charge < -0.3 is 4.18 Å². The molecule has 0 atom stereocenters. The Bertz CT molecular complexity index is 402. The second kappa shape index (κ2) is 4.39. The Morgan fingerprint density at radius 2 is 2.29 bits per heavy atom. The van der Waals surface area contributed by atoms with Gasteiger partial charge in [0.05, 0.1) is 0 Å². The van der Waals surface area contributed by atoms with Gasteiger partial charge in [0.2, 0.25) is 11.9 Å². The molecule has 14 heavy (non-hydrogen) atoms. The zero-order chi connectivity index (χ0) is 10.6. The summed E-state index contributed by atoms with van der Waals surface area (Å²) in [6.07, 6.45) is 4.23. The maximum absolute atomic E-state index is 10.4. The van der Waals surface area contributed by atoms with Crippen LogP contribution in [-0.2, 0) is 16.9 Å². The Morgan fingerprint density at radius 3 is 2.86 bits per heavy atom. The van der Waals surface area contributed by atoms with Gasteiger partial charge >= 0.3 is 10.4 Å². The van der Waals surface area contributed by atoms with E-state index < -0.39 is 10.4 Å². The number of hydrogen-bond acceptors (Lipinski definition) is 3. The number of nitrogens with zero attached hydrogens (tertiary/aromatic N) is 1. The van der Waals surface area contributed by atoms with Crippen LogP contribution in [0, 0.1) is 0 Å². The molecule has 0 spiro atoms. The molecule has 5 nitrogen and oxygen atoms in total. The van der Waals surface area contributed by atoms with E-state index in [4.69, 9.17) is 4.55 Å².